The van der Waals surface area contributed by atoms with Gasteiger partial charge in [0.25, 0.3) is 0 Å². The lowest BCUT2D eigenvalue weighted by molar-refractivity contribution is 0.580. The molecule has 0 radical (unpaired) electrons. The van der Waals surface area contributed by atoms with E-state index < -0.39 is 10.0 Å². The molecule has 6 heteroatoms. The number of benzene rings is 2. The van der Waals surface area contributed by atoms with Crippen LogP contribution in [-0.2, 0) is 21.9 Å². The molecule has 0 unspecified atom stereocenters. The molecule has 2 aromatic carbocycles. The standard InChI is InChI=1S/C14H13BrFNO2S/c15-9-11-4-6-14(7-5-11)20(18,19)17-10-12-2-1-3-13(16)8-12/h1-8,17H,9-10H2. The van der Waals surface area contributed by atoms with Crippen LogP contribution in [0.3, 0.4) is 0 Å². The van der Waals surface area contributed by atoms with Gasteiger partial charge in [-0.15, -0.1) is 0 Å². The van der Waals surface area contributed by atoms with Gasteiger partial charge in [-0.05, 0) is 35.4 Å². The highest BCUT2D eigenvalue weighted by molar-refractivity contribution is 9.08. The van der Waals surface area contributed by atoms with Gasteiger partial charge in [0.1, 0.15) is 5.82 Å². The van der Waals surface area contributed by atoms with Crippen molar-refractivity contribution in [3.8, 4) is 0 Å². The van der Waals surface area contributed by atoms with E-state index in [0.29, 0.717) is 10.9 Å². The zero-order valence-electron chi connectivity index (χ0n) is 10.5. The molecule has 0 heterocycles. The molecule has 1 N–H and O–H groups in total. The Hall–Kier alpha value is -1.24. The van der Waals surface area contributed by atoms with E-state index >= 15 is 0 Å². The molecule has 2 aromatic rings. The summed E-state index contributed by atoms with van der Waals surface area (Å²) in [6, 6.07) is 12.4. The summed E-state index contributed by atoms with van der Waals surface area (Å²) in [5.41, 5.74) is 1.57. The number of rotatable bonds is 5. The minimum Gasteiger partial charge on any atom is -0.207 e. The van der Waals surface area contributed by atoms with Crippen molar-refractivity contribution >= 4 is 26.0 Å². The highest BCUT2D eigenvalue weighted by atomic mass is 79.9. The second-order valence-corrected chi connectivity index (χ2v) is 6.56. The van der Waals surface area contributed by atoms with Gasteiger partial charge in [0.05, 0.1) is 4.90 Å². The summed E-state index contributed by atoms with van der Waals surface area (Å²) in [4.78, 5) is 0.193. The van der Waals surface area contributed by atoms with Crippen LogP contribution in [0.25, 0.3) is 0 Å². The molecular formula is C14H13BrFNO2S. The van der Waals surface area contributed by atoms with Crippen molar-refractivity contribution in [2.75, 3.05) is 0 Å². The van der Waals surface area contributed by atoms with Gasteiger partial charge in [-0.25, -0.2) is 17.5 Å². The minimum atomic E-state index is -3.58. The number of sulfonamides is 1. The molecule has 2 rings (SSSR count). The van der Waals surface area contributed by atoms with Gasteiger partial charge in [-0.2, -0.15) is 0 Å². The molecule has 0 spiro atoms. The highest BCUT2D eigenvalue weighted by Gasteiger charge is 2.13. The van der Waals surface area contributed by atoms with Crippen molar-refractivity contribution in [3.05, 3.63) is 65.5 Å². The van der Waals surface area contributed by atoms with E-state index in [1.54, 1.807) is 36.4 Å². The number of alkyl halides is 1. The fourth-order valence-corrected chi connectivity index (χ4v) is 3.06. The van der Waals surface area contributed by atoms with E-state index in [0.717, 1.165) is 5.56 Å². The first-order chi connectivity index (χ1) is 9.51. The lowest BCUT2D eigenvalue weighted by Gasteiger charge is -2.07. The molecule has 0 bridgehead atoms. The first-order valence-electron chi connectivity index (χ1n) is 5.90. The molecule has 0 aliphatic carbocycles. The molecule has 0 saturated carbocycles. The van der Waals surface area contributed by atoms with Crippen LogP contribution in [0.15, 0.2) is 53.4 Å². The van der Waals surface area contributed by atoms with Crippen molar-refractivity contribution in [1.29, 1.82) is 0 Å². The Morgan fingerprint density at radius 3 is 2.35 bits per heavy atom. The van der Waals surface area contributed by atoms with Gasteiger partial charge in [0.15, 0.2) is 0 Å². The average molecular weight is 358 g/mol. The van der Waals surface area contributed by atoms with Crippen LogP contribution in [0, 0.1) is 5.82 Å². The Bertz CT molecular complexity index is 687. The quantitative estimate of drug-likeness (QED) is 0.835. The summed E-state index contributed by atoms with van der Waals surface area (Å²) in [7, 11) is -3.58. The van der Waals surface area contributed by atoms with E-state index in [1.807, 2.05) is 0 Å². The van der Waals surface area contributed by atoms with Crippen LogP contribution >= 0.6 is 15.9 Å². The summed E-state index contributed by atoms with van der Waals surface area (Å²) in [6.45, 7) is 0.0558. The van der Waals surface area contributed by atoms with Crippen LogP contribution in [-0.4, -0.2) is 8.42 Å². The van der Waals surface area contributed by atoms with Gasteiger partial charge in [-0.3, -0.25) is 0 Å². The average Bonchev–Trinajstić information content (AvgIpc) is 2.45. The second kappa shape index (κ2) is 6.47. The smallest absolute Gasteiger partial charge is 0.207 e. The third-order valence-electron chi connectivity index (χ3n) is 2.74. The van der Waals surface area contributed by atoms with Gasteiger partial charge < -0.3 is 0 Å². The molecule has 0 amide bonds. The zero-order valence-corrected chi connectivity index (χ0v) is 12.9. The Labute approximate surface area is 126 Å². The van der Waals surface area contributed by atoms with Crippen LogP contribution in [0.4, 0.5) is 4.39 Å². The van der Waals surface area contributed by atoms with E-state index in [-0.39, 0.29) is 17.3 Å². The Kier molecular flexibility index (Phi) is 4.91. The first kappa shape index (κ1) is 15.2. The fourth-order valence-electron chi connectivity index (χ4n) is 1.67. The van der Waals surface area contributed by atoms with Crippen LogP contribution in [0.5, 0.6) is 0 Å². The van der Waals surface area contributed by atoms with Crippen molar-refractivity contribution < 1.29 is 12.8 Å². The van der Waals surface area contributed by atoms with Crippen molar-refractivity contribution in [2.45, 2.75) is 16.8 Å². The maximum Gasteiger partial charge on any atom is 0.240 e. The molecule has 3 nitrogen and oxygen atoms in total. The van der Waals surface area contributed by atoms with E-state index in [2.05, 4.69) is 20.7 Å². The summed E-state index contributed by atoms with van der Waals surface area (Å²) in [5.74, 6) is -0.386. The number of hydrogen-bond donors (Lipinski definition) is 1. The van der Waals surface area contributed by atoms with Gasteiger partial charge in [0, 0.05) is 11.9 Å². The number of halogens is 2. The largest absolute Gasteiger partial charge is 0.240 e. The summed E-state index contributed by atoms with van der Waals surface area (Å²) >= 11 is 3.30. The van der Waals surface area contributed by atoms with Crippen LogP contribution < -0.4 is 4.72 Å². The fraction of sp³-hybridized carbons (Fsp3) is 0.143. The molecule has 0 aromatic heterocycles. The van der Waals surface area contributed by atoms with Crippen LogP contribution in [0.1, 0.15) is 11.1 Å². The third kappa shape index (κ3) is 3.88. The minimum absolute atomic E-state index is 0.0558. The monoisotopic (exact) mass is 357 g/mol. The molecule has 0 saturated heterocycles. The molecule has 0 aliphatic rings. The number of hydrogen-bond acceptors (Lipinski definition) is 2. The second-order valence-electron chi connectivity index (χ2n) is 4.23. The maximum absolute atomic E-state index is 13.0. The first-order valence-corrected chi connectivity index (χ1v) is 8.51. The lowest BCUT2D eigenvalue weighted by Crippen LogP contribution is -2.23. The molecule has 106 valence electrons. The number of nitrogens with one attached hydrogen (secondary N) is 1. The van der Waals surface area contributed by atoms with Crippen molar-refractivity contribution in [3.63, 3.8) is 0 Å². The van der Waals surface area contributed by atoms with Crippen molar-refractivity contribution in [1.82, 2.24) is 4.72 Å². The summed E-state index contributed by atoms with van der Waals surface area (Å²) in [5, 5.41) is 0.671. The van der Waals surface area contributed by atoms with E-state index in [1.165, 1.54) is 12.1 Å². The topological polar surface area (TPSA) is 46.2 Å². The summed E-state index contributed by atoms with van der Waals surface area (Å²) in [6.07, 6.45) is 0. The van der Waals surface area contributed by atoms with E-state index in [4.69, 9.17) is 0 Å². The zero-order chi connectivity index (χ0) is 14.6. The maximum atomic E-state index is 13.0. The Balaban J connectivity index is 2.10. The molecule has 0 fully saturated rings. The van der Waals surface area contributed by atoms with E-state index in [9.17, 15) is 12.8 Å². The molecule has 0 aliphatic heterocycles. The predicted octanol–water partition coefficient (Wildman–Crippen LogP) is 3.20. The van der Waals surface area contributed by atoms with Gasteiger partial charge >= 0.3 is 0 Å². The molecular weight excluding hydrogens is 345 g/mol. The van der Waals surface area contributed by atoms with Gasteiger partial charge in [-0.1, -0.05) is 40.2 Å². The normalized spacial score (nSPS) is 11.5. The predicted molar refractivity (Wildman–Crippen MR) is 79.5 cm³/mol. The third-order valence-corrected chi connectivity index (χ3v) is 4.81. The van der Waals surface area contributed by atoms with Gasteiger partial charge in [0.2, 0.25) is 10.0 Å². The van der Waals surface area contributed by atoms with Crippen molar-refractivity contribution in [2.24, 2.45) is 0 Å². The SMILES string of the molecule is O=S(=O)(NCc1cccc(F)c1)c1ccc(CBr)cc1. The van der Waals surface area contributed by atoms with Crippen LogP contribution in [0.2, 0.25) is 0 Å². The Morgan fingerprint density at radius 1 is 1.05 bits per heavy atom. The molecule has 20 heavy (non-hydrogen) atoms. The lowest BCUT2D eigenvalue weighted by atomic mass is 10.2. The molecule has 0 atom stereocenters. The summed E-state index contributed by atoms with van der Waals surface area (Å²) < 4.78 is 39.6. The highest BCUT2D eigenvalue weighted by Crippen LogP contribution is 2.13. The Morgan fingerprint density at radius 2 is 1.75 bits per heavy atom.